The van der Waals surface area contributed by atoms with Gasteiger partial charge in [-0.2, -0.15) is 0 Å². The maximum atomic E-state index is 13.6. The number of hydrogen-bond donors (Lipinski definition) is 0. The quantitative estimate of drug-likeness (QED) is 0.200. The third-order valence-electron chi connectivity index (χ3n) is 5.11. The summed E-state index contributed by atoms with van der Waals surface area (Å²) in [7, 11) is 1.37. The maximum Gasteiger partial charge on any atom is 0.338 e. The second kappa shape index (κ2) is 11.4. The number of esters is 3. The standard InChI is InChI=1S/C28H28O8/c1-16(2)25(30)34-21-12-10-20(11-13-21)28(7,33-8)24(29)19-9-14-22(35-26(31)17(3)4)23(15-19)36-27(32)18(5)6/h9-15H,1,3,5H2,2,4,6-8H3. The fourth-order valence-corrected chi connectivity index (χ4v) is 2.84. The van der Waals surface area contributed by atoms with Crippen LogP contribution in [0.5, 0.6) is 17.2 Å². The van der Waals surface area contributed by atoms with Crippen molar-refractivity contribution in [2.24, 2.45) is 0 Å². The van der Waals surface area contributed by atoms with Crippen LogP contribution in [0.1, 0.15) is 43.6 Å². The minimum atomic E-state index is -1.46. The van der Waals surface area contributed by atoms with E-state index in [2.05, 4.69) is 19.7 Å². The van der Waals surface area contributed by atoms with Crippen molar-refractivity contribution in [2.45, 2.75) is 33.3 Å². The van der Waals surface area contributed by atoms with E-state index in [1.54, 1.807) is 19.1 Å². The zero-order valence-electron chi connectivity index (χ0n) is 20.9. The van der Waals surface area contributed by atoms with Crippen molar-refractivity contribution in [1.82, 2.24) is 0 Å². The first-order valence-electron chi connectivity index (χ1n) is 10.8. The van der Waals surface area contributed by atoms with Crippen molar-refractivity contribution < 1.29 is 38.1 Å². The average Bonchev–Trinajstić information content (AvgIpc) is 2.84. The Morgan fingerprint density at radius 3 is 1.64 bits per heavy atom. The van der Waals surface area contributed by atoms with Gasteiger partial charge < -0.3 is 18.9 Å². The highest BCUT2D eigenvalue weighted by Gasteiger charge is 2.36. The Hall–Kier alpha value is -4.30. The van der Waals surface area contributed by atoms with Crippen LogP contribution in [0.4, 0.5) is 0 Å². The van der Waals surface area contributed by atoms with Crippen LogP contribution in [0, 0.1) is 0 Å². The number of methoxy groups -OCH3 is 1. The Bertz CT molecular complexity index is 1250. The van der Waals surface area contributed by atoms with Crippen LogP contribution in [-0.2, 0) is 24.7 Å². The van der Waals surface area contributed by atoms with Crippen molar-refractivity contribution in [2.75, 3.05) is 7.11 Å². The van der Waals surface area contributed by atoms with E-state index < -0.39 is 29.3 Å². The van der Waals surface area contributed by atoms with Gasteiger partial charge >= 0.3 is 17.9 Å². The van der Waals surface area contributed by atoms with Gasteiger partial charge in [0.05, 0.1) is 0 Å². The Morgan fingerprint density at radius 1 is 0.694 bits per heavy atom. The summed E-state index contributed by atoms with van der Waals surface area (Å²) in [6.45, 7) is 16.6. The Morgan fingerprint density at radius 2 is 1.17 bits per heavy atom. The number of ether oxygens (including phenoxy) is 4. The van der Waals surface area contributed by atoms with Gasteiger partial charge in [0.2, 0.25) is 0 Å². The highest BCUT2D eigenvalue weighted by Crippen LogP contribution is 2.35. The number of ketones is 1. The molecule has 8 heteroatoms. The zero-order valence-corrected chi connectivity index (χ0v) is 20.9. The van der Waals surface area contributed by atoms with Crippen LogP contribution in [-0.4, -0.2) is 30.8 Å². The smallest absolute Gasteiger partial charge is 0.338 e. The molecule has 2 rings (SSSR count). The molecule has 0 aliphatic rings. The van der Waals surface area contributed by atoms with Crippen molar-refractivity contribution in [3.63, 3.8) is 0 Å². The van der Waals surface area contributed by atoms with Gasteiger partial charge in [0.25, 0.3) is 0 Å². The lowest BCUT2D eigenvalue weighted by atomic mass is 9.87. The Balaban J connectivity index is 2.45. The molecule has 0 bridgehead atoms. The van der Waals surface area contributed by atoms with Gasteiger partial charge in [-0.05, 0) is 63.6 Å². The lowest BCUT2D eigenvalue weighted by Crippen LogP contribution is -2.34. The lowest BCUT2D eigenvalue weighted by molar-refractivity contribution is -0.132. The van der Waals surface area contributed by atoms with E-state index in [-0.39, 0.29) is 39.5 Å². The summed E-state index contributed by atoms with van der Waals surface area (Å²) in [5.41, 5.74) is -0.367. The van der Waals surface area contributed by atoms with Gasteiger partial charge in [-0.15, -0.1) is 0 Å². The SMILES string of the molecule is C=C(C)C(=O)Oc1ccc(C(C)(OC)C(=O)c2ccc(OC(=O)C(=C)C)c(OC(=O)C(=C)C)c2)cc1. The Labute approximate surface area is 209 Å². The van der Waals surface area contributed by atoms with Gasteiger partial charge in [0.15, 0.2) is 22.9 Å². The van der Waals surface area contributed by atoms with Crippen LogP contribution in [0.15, 0.2) is 78.9 Å². The molecular formula is C28H28O8. The van der Waals surface area contributed by atoms with Gasteiger partial charge in [-0.3, -0.25) is 4.79 Å². The number of Topliss-reactive ketones (excluding diaryl/α,β-unsaturated/α-hetero) is 1. The number of carbonyl (C=O) groups is 4. The first-order chi connectivity index (χ1) is 16.8. The van der Waals surface area contributed by atoms with E-state index in [1.807, 2.05) is 0 Å². The normalized spacial score (nSPS) is 12.0. The molecule has 1 atom stereocenters. The Kier molecular flexibility index (Phi) is 8.86. The molecule has 0 N–H and O–H groups in total. The molecule has 2 aromatic rings. The van der Waals surface area contributed by atoms with Crippen molar-refractivity contribution in [3.05, 3.63) is 90.0 Å². The molecule has 0 amide bonds. The summed E-state index contributed by atoms with van der Waals surface area (Å²) in [6, 6.07) is 10.3. The van der Waals surface area contributed by atoms with Crippen LogP contribution in [0.2, 0.25) is 0 Å². The second-order valence-electron chi connectivity index (χ2n) is 8.26. The maximum absolute atomic E-state index is 13.6. The summed E-state index contributed by atoms with van der Waals surface area (Å²) in [6.07, 6.45) is 0. The third-order valence-corrected chi connectivity index (χ3v) is 5.11. The van der Waals surface area contributed by atoms with Crippen LogP contribution < -0.4 is 14.2 Å². The summed E-state index contributed by atoms with van der Waals surface area (Å²) in [5, 5.41) is 0. The van der Waals surface area contributed by atoms with E-state index >= 15 is 0 Å². The number of carbonyl (C=O) groups excluding carboxylic acids is 4. The first kappa shape index (κ1) is 27.9. The highest BCUT2D eigenvalue weighted by atomic mass is 16.6. The zero-order chi connectivity index (χ0) is 27.2. The molecule has 0 heterocycles. The van der Waals surface area contributed by atoms with E-state index in [9.17, 15) is 19.2 Å². The molecule has 2 aromatic carbocycles. The molecule has 0 aliphatic heterocycles. The van der Waals surface area contributed by atoms with Crippen molar-refractivity contribution in [1.29, 1.82) is 0 Å². The van der Waals surface area contributed by atoms with Crippen LogP contribution in [0.3, 0.4) is 0 Å². The van der Waals surface area contributed by atoms with Crippen molar-refractivity contribution >= 4 is 23.7 Å². The van der Waals surface area contributed by atoms with Gasteiger partial charge in [0.1, 0.15) is 5.75 Å². The molecule has 8 nitrogen and oxygen atoms in total. The second-order valence-corrected chi connectivity index (χ2v) is 8.26. The summed E-state index contributed by atoms with van der Waals surface area (Å²) in [5.74, 6) is -2.48. The highest BCUT2D eigenvalue weighted by molar-refractivity contribution is 6.03. The molecule has 188 valence electrons. The minimum Gasteiger partial charge on any atom is -0.423 e. The monoisotopic (exact) mass is 492 g/mol. The van der Waals surface area contributed by atoms with Crippen LogP contribution in [0.25, 0.3) is 0 Å². The molecule has 1 unspecified atom stereocenters. The molecule has 0 spiro atoms. The largest absolute Gasteiger partial charge is 0.423 e. The van der Waals surface area contributed by atoms with E-state index in [0.717, 1.165) is 0 Å². The molecular weight excluding hydrogens is 464 g/mol. The molecule has 0 saturated carbocycles. The first-order valence-corrected chi connectivity index (χ1v) is 10.8. The fourth-order valence-electron chi connectivity index (χ4n) is 2.84. The predicted molar refractivity (Wildman–Crippen MR) is 133 cm³/mol. The topological polar surface area (TPSA) is 105 Å². The number of benzene rings is 2. The van der Waals surface area contributed by atoms with Gasteiger partial charge in [-0.1, -0.05) is 31.9 Å². The minimum absolute atomic E-state index is 0.0723. The van der Waals surface area contributed by atoms with E-state index in [0.29, 0.717) is 5.56 Å². The lowest BCUT2D eigenvalue weighted by Gasteiger charge is -2.27. The summed E-state index contributed by atoms with van der Waals surface area (Å²) in [4.78, 5) is 49.5. The van der Waals surface area contributed by atoms with Crippen molar-refractivity contribution in [3.8, 4) is 17.2 Å². The molecule has 0 aliphatic carbocycles. The molecule has 0 saturated heterocycles. The predicted octanol–water partition coefficient (Wildman–Crippen LogP) is 4.88. The molecule has 0 fully saturated rings. The molecule has 0 radical (unpaired) electrons. The average molecular weight is 493 g/mol. The number of hydrogen-bond acceptors (Lipinski definition) is 8. The number of rotatable bonds is 10. The summed E-state index contributed by atoms with van der Waals surface area (Å²) >= 11 is 0. The van der Waals surface area contributed by atoms with E-state index in [1.165, 1.54) is 58.2 Å². The molecule has 0 aromatic heterocycles. The van der Waals surface area contributed by atoms with E-state index in [4.69, 9.17) is 18.9 Å². The van der Waals surface area contributed by atoms with Crippen LogP contribution >= 0.6 is 0 Å². The third kappa shape index (κ3) is 6.43. The van der Waals surface area contributed by atoms with Gasteiger partial charge in [-0.25, -0.2) is 14.4 Å². The fraction of sp³-hybridized carbons (Fsp3) is 0.214. The van der Waals surface area contributed by atoms with Gasteiger partial charge in [0, 0.05) is 29.4 Å². The molecule has 36 heavy (non-hydrogen) atoms. The summed E-state index contributed by atoms with van der Waals surface area (Å²) < 4.78 is 21.3.